The lowest BCUT2D eigenvalue weighted by Gasteiger charge is -2.28. The largest absolute Gasteiger partial charge is 0.393 e. The van der Waals surface area contributed by atoms with Gasteiger partial charge >= 0.3 is 0 Å². The van der Waals surface area contributed by atoms with E-state index in [1.807, 2.05) is 13.0 Å². The third-order valence-corrected chi connectivity index (χ3v) is 3.85. The Bertz CT molecular complexity index is 252. The lowest BCUT2D eigenvalue weighted by molar-refractivity contribution is 0.0731. The van der Waals surface area contributed by atoms with Crippen molar-refractivity contribution in [2.45, 2.75) is 57.7 Å². The molecule has 0 heterocycles. The van der Waals surface area contributed by atoms with Gasteiger partial charge in [-0.2, -0.15) is 0 Å². The Morgan fingerprint density at radius 1 is 1.41 bits per heavy atom. The number of ether oxygens (including phenoxy) is 1. The molecule has 0 saturated heterocycles. The van der Waals surface area contributed by atoms with Crippen molar-refractivity contribution in [1.29, 1.82) is 0 Å². The summed E-state index contributed by atoms with van der Waals surface area (Å²) in [5.41, 5.74) is 1.14. The third-order valence-electron chi connectivity index (χ3n) is 3.85. The van der Waals surface area contributed by atoms with Gasteiger partial charge in [0.2, 0.25) is 0 Å². The second-order valence-electron chi connectivity index (χ2n) is 5.02. The van der Waals surface area contributed by atoms with E-state index in [4.69, 9.17) is 4.74 Å². The zero-order valence-corrected chi connectivity index (χ0v) is 11.2. The first-order valence-corrected chi connectivity index (χ1v) is 6.71. The lowest BCUT2D eigenvalue weighted by atomic mass is 9.82. The van der Waals surface area contributed by atoms with E-state index in [0.29, 0.717) is 12.3 Å². The van der Waals surface area contributed by atoms with Gasteiger partial charge in [0.15, 0.2) is 0 Å². The molecule has 0 spiro atoms. The molecule has 0 aliphatic heterocycles. The van der Waals surface area contributed by atoms with Gasteiger partial charge in [-0.1, -0.05) is 38.0 Å². The SMILES string of the molecule is C=C/C=C(/CC(O)C1CCCCC1)C(C)OC. The highest BCUT2D eigenvalue weighted by Crippen LogP contribution is 2.29. The van der Waals surface area contributed by atoms with E-state index in [9.17, 15) is 5.11 Å². The summed E-state index contributed by atoms with van der Waals surface area (Å²) in [5, 5.41) is 10.3. The van der Waals surface area contributed by atoms with Crippen LogP contribution in [0.4, 0.5) is 0 Å². The van der Waals surface area contributed by atoms with Crippen molar-refractivity contribution in [3.8, 4) is 0 Å². The molecule has 17 heavy (non-hydrogen) atoms. The normalized spacial score (nSPS) is 22.2. The van der Waals surface area contributed by atoms with E-state index in [0.717, 1.165) is 5.57 Å². The maximum atomic E-state index is 10.3. The van der Waals surface area contributed by atoms with Crippen LogP contribution in [0.3, 0.4) is 0 Å². The second kappa shape index (κ2) is 7.67. The number of aliphatic hydroxyl groups excluding tert-OH is 1. The quantitative estimate of drug-likeness (QED) is 0.718. The minimum atomic E-state index is -0.223. The van der Waals surface area contributed by atoms with Crippen LogP contribution in [-0.2, 0) is 4.74 Å². The van der Waals surface area contributed by atoms with Crippen LogP contribution in [-0.4, -0.2) is 24.4 Å². The minimum Gasteiger partial charge on any atom is -0.393 e. The predicted molar refractivity (Wildman–Crippen MR) is 71.9 cm³/mol. The zero-order valence-electron chi connectivity index (χ0n) is 11.2. The molecule has 2 atom stereocenters. The summed E-state index contributed by atoms with van der Waals surface area (Å²) in [6, 6.07) is 0. The Balaban J connectivity index is 2.53. The monoisotopic (exact) mass is 238 g/mol. The van der Waals surface area contributed by atoms with Gasteiger partial charge in [0.25, 0.3) is 0 Å². The second-order valence-corrected chi connectivity index (χ2v) is 5.02. The van der Waals surface area contributed by atoms with Crippen LogP contribution in [0.5, 0.6) is 0 Å². The summed E-state index contributed by atoms with van der Waals surface area (Å²) in [4.78, 5) is 0. The number of hydrogen-bond donors (Lipinski definition) is 1. The van der Waals surface area contributed by atoms with Gasteiger partial charge in [-0.25, -0.2) is 0 Å². The fraction of sp³-hybridized carbons (Fsp3) is 0.733. The molecule has 1 saturated carbocycles. The Hall–Kier alpha value is -0.600. The summed E-state index contributed by atoms with van der Waals surface area (Å²) < 4.78 is 5.33. The minimum absolute atomic E-state index is 0.0613. The molecule has 2 unspecified atom stereocenters. The fourth-order valence-corrected chi connectivity index (χ4v) is 2.60. The van der Waals surface area contributed by atoms with Gasteiger partial charge in [0.05, 0.1) is 12.2 Å². The van der Waals surface area contributed by atoms with Crippen LogP contribution >= 0.6 is 0 Å². The number of aliphatic hydroxyl groups is 1. The maximum absolute atomic E-state index is 10.3. The molecule has 0 aromatic carbocycles. The van der Waals surface area contributed by atoms with E-state index in [2.05, 4.69) is 6.58 Å². The van der Waals surface area contributed by atoms with Gasteiger partial charge in [0, 0.05) is 7.11 Å². The van der Waals surface area contributed by atoms with Gasteiger partial charge in [0.1, 0.15) is 0 Å². The van der Waals surface area contributed by atoms with Crippen molar-refractivity contribution in [2.75, 3.05) is 7.11 Å². The highest BCUT2D eigenvalue weighted by molar-refractivity contribution is 5.15. The first kappa shape index (κ1) is 14.5. The lowest BCUT2D eigenvalue weighted by Crippen LogP contribution is -2.25. The van der Waals surface area contributed by atoms with Crippen molar-refractivity contribution in [1.82, 2.24) is 0 Å². The number of methoxy groups -OCH3 is 1. The number of hydrogen-bond acceptors (Lipinski definition) is 2. The van der Waals surface area contributed by atoms with Gasteiger partial charge in [-0.15, -0.1) is 0 Å². The Morgan fingerprint density at radius 3 is 2.59 bits per heavy atom. The number of allylic oxidation sites excluding steroid dienone is 2. The van der Waals surface area contributed by atoms with Gasteiger partial charge in [-0.05, 0) is 37.7 Å². The molecule has 1 N–H and O–H groups in total. The van der Waals surface area contributed by atoms with E-state index in [1.54, 1.807) is 13.2 Å². The van der Waals surface area contributed by atoms with Crippen LogP contribution in [0.15, 0.2) is 24.3 Å². The van der Waals surface area contributed by atoms with Crippen LogP contribution in [0.1, 0.15) is 45.4 Å². The number of rotatable bonds is 6. The predicted octanol–water partition coefficient (Wildman–Crippen LogP) is 3.47. The molecule has 98 valence electrons. The molecule has 2 heteroatoms. The van der Waals surface area contributed by atoms with E-state index >= 15 is 0 Å². The average molecular weight is 238 g/mol. The molecule has 1 aliphatic carbocycles. The van der Waals surface area contributed by atoms with Crippen molar-refractivity contribution in [2.24, 2.45) is 5.92 Å². The van der Waals surface area contributed by atoms with Crippen molar-refractivity contribution in [3.05, 3.63) is 24.3 Å². The Labute approximate surface area is 105 Å². The molecule has 1 fully saturated rings. The highest BCUT2D eigenvalue weighted by atomic mass is 16.5. The van der Waals surface area contributed by atoms with E-state index < -0.39 is 0 Å². The standard InChI is InChI=1S/C15H26O2/c1-4-8-14(12(2)17-3)11-15(16)13-9-6-5-7-10-13/h4,8,12-13,15-16H,1,5-7,9-11H2,2-3H3/b14-8-. The zero-order chi connectivity index (χ0) is 12.7. The molecular weight excluding hydrogens is 212 g/mol. The summed E-state index contributed by atoms with van der Waals surface area (Å²) in [6.45, 7) is 5.74. The first-order chi connectivity index (χ1) is 8.19. The Kier molecular flexibility index (Phi) is 6.53. The smallest absolute Gasteiger partial charge is 0.0757 e. The van der Waals surface area contributed by atoms with E-state index in [-0.39, 0.29) is 12.2 Å². The molecule has 0 bridgehead atoms. The van der Waals surface area contributed by atoms with Crippen molar-refractivity contribution in [3.63, 3.8) is 0 Å². The summed E-state index contributed by atoms with van der Waals surface area (Å²) in [5.74, 6) is 0.473. The fourth-order valence-electron chi connectivity index (χ4n) is 2.60. The van der Waals surface area contributed by atoms with Gasteiger partial charge < -0.3 is 9.84 Å². The van der Waals surface area contributed by atoms with Crippen LogP contribution in [0.25, 0.3) is 0 Å². The summed E-state index contributed by atoms with van der Waals surface area (Å²) >= 11 is 0. The van der Waals surface area contributed by atoms with Crippen LogP contribution in [0.2, 0.25) is 0 Å². The molecule has 0 aromatic rings. The molecule has 0 aromatic heterocycles. The van der Waals surface area contributed by atoms with E-state index in [1.165, 1.54) is 32.1 Å². The van der Waals surface area contributed by atoms with Gasteiger partial charge in [-0.3, -0.25) is 0 Å². The Morgan fingerprint density at radius 2 is 2.06 bits per heavy atom. The molecule has 2 nitrogen and oxygen atoms in total. The summed E-state index contributed by atoms with van der Waals surface area (Å²) in [7, 11) is 1.70. The first-order valence-electron chi connectivity index (χ1n) is 6.71. The van der Waals surface area contributed by atoms with Crippen molar-refractivity contribution < 1.29 is 9.84 Å². The average Bonchev–Trinajstić information content (AvgIpc) is 2.38. The molecule has 1 rings (SSSR count). The molecular formula is C15H26O2. The maximum Gasteiger partial charge on any atom is 0.0757 e. The molecule has 0 radical (unpaired) electrons. The topological polar surface area (TPSA) is 29.5 Å². The summed E-state index contributed by atoms with van der Waals surface area (Å²) in [6.07, 6.45) is 10.5. The molecule has 0 amide bonds. The highest BCUT2D eigenvalue weighted by Gasteiger charge is 2.23. The third kappa shape index (κ3) is 4.64. The van der Waals surface area contributed by atoms with Crippen LogP contribution < -0.4 is 0 Å². The van der Waals surface area contributed by atoms with Crippen molar-refractivity contribution >= 4 is 0 Å². The molecule has 1 aliphatic rings. The van der Waals surface area contributed by atoms with Crippen LogP contribution in [0, 0.1) is 5.92 Å².